The van der Waals surface area contributed by atoms with E-state index in [0.29, 0.717) is 5.25 Å². The molecule has 15 heavy (non-hydrogen) atoms. The van der Waals surface area contributed by atoms with Crippen LogP contribution < -0.4 is 0 Å². The topological polar surface area (TPSA) is 0 Å². The van der Waals surface area contributed by atoms with Gasteiger partial charge in [-0.15, -0.1) is 11.8 Å². The van der Waals surface area contributed by atoms with Gasteiger partial charge in [0.15, 0.2) is 0 Å². The normalized spacial score (nSPS) is 22.9. The van der Waals surface area contributed by atoms with Crippen molar-refractivity contribution < 1.29 is 0 Å². The lowest BCUT2D eigenvalue weighted by Gasteiger charge is -2.15. The van der Waals surface area contributed by atoms with Gasteiger partial charge in [-0.3, -0.25) is 0 Å². The molecular formula is C14H20S. The first kappa shape index (κ1) is 11.1. The van der Waals surface area contributed by atoms with E-state index in [1.165, 1.54) is 40.0 Å². The van der Waals surface area contributed by atoms with Crippen LogP contribution in [0.2, 0.25) is 0 Å². The molecule has 0 N–H and O–H groups in total. The first-order valence-corrected chi connectivity index (χ1v) is 6.61. The van der Waals surface area contributed by atoms with Crippen LogP contribution in [0.3, 0.4) is 0 Å². The van der Waals surface area contributed by atoms with Gasteiger partial charge in [-0.05, 0) is 62.5 Å². The average molecular weight is 220 g/mol. The minimum atomic E-state index is 0.582. The first-order chi connectivity index (χ1) is 7.02. The maximum absolute atomic E-state index is 4.22. The minimum absolute atomic E-state index is 0.582. The maximum Gasteiger partial charge on any atom is 0.0516 e. The number of hydrogen-bond donors (Lipinski definition) is 0. The number of hydrogen-bond acceptors (Lipinski definition) is 1. The fourth-order valence-electron chi connectivity index (χ4n) is 2.14. The second kappa shape index (κ2) is 3.86. The van der Waals surface area contributed by atoms with Crippen LogP contribution in [0.4, 0.5) is 0 Å². The molecule has 0 radical (unpaired) electrons. The van der Waals surface area contributed by atoms with Crippen molar-refractivity contribution in [2.75, 3.05) is 0 Å². The largest absolute Gasteiger partial charge is 0.119 e. The lowest BCUT2D eigenvalue weighted by molar-refractivity contribution is 1.09. The van der Waals surface area contributed by atoms with Crippen LogP contribution >= 0.6 is 11.8 Å². The lowest BCUT2D eigenvalue weighted by atomic mass is 10.1. The molecule has 2 aliphatic rings. The zero-order chi connectivity index (χ0) is 11.2. The Hall–Kier alpha value is -0.430. The Balaban J connectivity index is 2.13. The molecule has 0 bridgehead atoms. The summed E-state index contributed by atoms with van der Waals surface area (Å²) in [6, 6.07) is 0. The van der Waals surface area contributed by atoms with Crippen LogP contribution in [0.15, 0.2) is 33.8 Å². The van der Waals surface area contributed by atoms with Crippen LogP contribution in [-0.4, -0.2) is 5.25 Å². The molecule has 0 amide bonds. The number of allylic oxidation sites excluding steroid dienone is 3. The second-order valence-corrected chi connectivity index (χ2v) is 6.09. The van der Waals surface area contributed by atoms with Gasteiger partial charge in [0, 0.05) is 0 Å². The monoisotopic (exact) mass is 220 g/mol. The highest BCUT2D eigenvalue weighted by molar-refractivity contribution is 8.04. The van der Waals surface area contributed by atoms with E-state index in [0.717, 1.165) is 5.92 Å². The van der Waals surface area contributed by atoms with Gasteiger partial charge in [0.05, 0.1) is 5.25 Å². The summed E-state index contributed by atoms with van der Waals surface area (Å²) in [5.41, 5.74) is 6.07. The van der Waals surface area contributed by atoms with Crippen LogP contribution in [0.1, 0.15) is 40.5 Å². The summed E-state index contributed by atoms with van der Waals surface area (Å²) in [6.45, 7) is 13.2. The molecule has 0 atom stereocenters. The molecule has 2 rings (SSSR count). The van der Waals surface area contributed by atoms with E-state index in [1.54, 1.807) is 0 Å². The highest BCUT2D eigenvalue weighted by Crippen LogP contribution is 2.48. The molecule has 0 heterocycles. The molecule has 0 spiro atoms. The van der Waals surface area contributed by atoms with Crippen LogP contribution in [0, 0.1) is 5.92 Å². The third-order valence-electron chi connectivity index (χ3n) is 3.83. The first-order valence-electron chi connectivity index (χ1n) is 5.73. The fraction of sp³-hybridized carbons (Fsp3) is 0.571. The molecule has 0 saturated heterocycles. The van der Waals surface area contributed by atoms with E-state index in [1.807, 2.05) is 11.8 Å². The molecule has 82 valence electrons. The summed E-state index contributed by atoms with van der Waals surface area (Å²) in [6.07, 6.45) is 2.73. The van der Waals surface area contributed by atoms with Gasteiger partial charge >= 0.3 is 0 Å². The maximum atomic E-state index is 4.22. The van der Waals surface area contributed by atoms with Crippen LogP contribution in [0.5, 0.6) is 0 Å². The second-order valence-electron chi connectivity index (χ2n) is 4.85. The molecule has 2 aliphatic carbocycles. The zero-order valence-electron chi connectivity index (χ0n) is 10.2. The zero-order valence-corrected chi connectivity index (χ0v) is 11.0. The lowest BCUT2D eigenvalue weighted by Crippen LogP contribution is -2.03. The molecule has 1 fully saturated rings. The summed E-state index contributed by atoms with van der Waals surface area (Å²) in [5.74, 6) is 0.816. The van der Waals surface area contributed by atoms with Gasteiger partial charge in [0.25, 0.3) is 0 Å². The van der Waals surface area contributed by atoms with E-state index in [4.69, 9.17) is 0 Å². The molecule has 0 nitrogen and oxygen atoms in total. The summed E-state index contributed by atoms with van der Waals surface area (Å²) in [7, 11) is 0. The molecule has 0 aliphatic heterocycles. The van der Waals surface area contributed by atoms with Crippen molar-refractivity contribution in [2.24, 2.45) is 5.92 Å². The molecule has 1 saturated carbocycles. The van der Waals surface area contributed by atoms with Crippen molar-refractivity contribution in [3.8, 4) is 0 Å². The quantitative estimate of drug-likeness (QED) is 0.664. The minimum Gasteiger partial charge on any atom is -0.119 e. The van der Waals surface area contributed by atoms with E-state index < -0.39 is 0 Å². The Morgan fingerprint density at radius 1 is 1.07 bits per heavy atom. The van der Waals surface area contributed by atoms with Crippen molar-refractivity contribution in [3.63, 3.8) is 0 Å². The molecule has 0 unspecified atom stereocenters. The third kappa shape index (κ3) is 1.94. The summed E-state index contributed by atoms with van der Waals surface area (Å²) in [4.78, 5) is 1.40. The van der Waals surface area contributed by atoms with Crippen molar-refractivity contribution in [2.45, 2.75) is 45.8 Å². The third-order valence-corrected chi connectivity index (χ3v) is 5.41. The number of thioether (sulfide) groups is 1. The number of rotatable bonds is 3. The van der Waals surface area contributed by atoms with E-state index in [9.17, 15) is 0 Å². The molecule has 0 aromatic rings. The standard InChI is InChI=1S/C14H20S/c1-8-9(2)11(4)14(10(8)3)15-12(5)13-6-7-13/h13-14H,5-7H2,1-4H3. The predicted molar refractivity (Wildman–Crippen MR) is 70.0 cm³/mol. The summed E-state index contributed by atoms with van der Waals surface area (Å²) in [5, 5.41) is 0.582. The molecule has 0 aromatic heterocycles. The Morgan fingerprint density at radius 2 is 1.53 bits per heavy atom. The fourth-order valence-corrected chi connectivity index (χ4v) is 3.58. The van der Waals surface area contributed by atoms with E-state index in [-0.39, 0.29) is 0 Å². The van der Waals surface area contributed by atoms with Gasteiger partial charge in [0.1, 0.15) is 0 Å². The smallest absolute Gasteiger partial charge is 0.0516 e. The van der Waals surface area contributed by atoms with Crippen LogP contribution in [0.25, 0.3) is 0 Å². The van der Waals surface area contributed by atoms with Gasteiger partial charge < -0.3 is 0 Å². The predicted octanol–water partition coefficient (Wildman–Crippen LogP) is 4.70. The van der Waals surface area contributed by atoms with Gasteiger partial charge in [0.2, 0.25) is 0 Å². The Morgan fingerprint density at radius 3 is 1.93 bits per heavy atom. The summed E-state index contributed by atoms with van der Waals surface area (Å²) >= 11 is 1.99. The Bertz CT molecular complexity index is 343. The van der Waals surface area contributed by atoms with Crippen molar-refractivity contribution in [1.29, 1.82) is 0 Å². The highest BCUT2D eigenvalue weighted by atomic mass is 32.2. The average Bonchev–Trinajstić information content (AvgIpc) is 3.02. The summed E-state index contributed by atoms with van der Waals surface area (Å²) < 4.78 is 0. The van der Waals surface area contributed by atoms with E-state index >= 15 is 0 Å². The Labute approximate surface area is 97.5 Å². The van der Waals surface area contributed by atoms with Crippen molar-refractivity contribution in [1.82, 2.24) is 0 Å². The highest BCUT2D eigenvalue weighted by Gasteiger charge is 2.30. The molecule has 1 heteroatoms. The SMILES string of the molecule is C=C(SC1C(C)=C(C)C(C)=C1C)C1CC1. The van der Waals surface area contributed by atoms with Gasteiger partial charge in [-0.2, -0.15) is 0 Å². The van der Waals surface area contributed by atoms with Crippen molar-refractivity contribution in [3.05, 3.63) is 33.8 Å². The molecule has 0 aromatic carbocycles. The van der Waals surface area contributed by atoms with Gasteiger partial charge in [-0.25, -0.2) is 0 Å². The molecular weight excluding hydrogens is 200 g/mol. The van der Waals surface area contributed by atoms with E-state index in [2.05, 4.69) is 34.3 Å². The Kier molecular flexibility index (Phi) is 2.85. The van der Waals surface area contributed by atoms with Crippen LogP contribution in [-0.2, 0) is 0 Å². The van der Waals surface area contributed by atoms with Gasteiger partial charge in [-0.1, -0.05) is 17.7 Å². The van der Waals surface area contributed by atoms with Crippen molar-refractivity contribution >= 4 is 11.8 Å².